The molecular weight excluding hydrogens is 170 g/mol. The first-order valence-corrected chi connectivity index (χ1v) is 3.65. The Kier molecular flexibility index (Phi) is 3.03. The summed E-state index contributed by atoms with van der Waals surface area (Å²) in [6, 6.07) is 8.60. The van der Waals surface area contributed by atoms with Crippen LogP contribution in [0.3, 0.4) is 0 Å². The van der Waals surface area contributed by atoms with E-state index in [1.165, 1.54) is 7.11 Å². The Hall–Kier alpha value is -1.84. The van der Waals surface area contributed by atoms with Crippen molar-refractivity contribution < 1.29 is 14.7 Å². The van der Waals surface area contributed by atoms with Crippen molar-refractivity contribution in [2.75, 3.05) is 7.11 Å². The van der Waals surface area contributed by atoms with Crippen LogP contribution in [0, 0.1) is 0 Å². The molecule has 1 aromatic rings. The fourth-order valence-electron chi connectivity index (χ4n) is 0.903. The number of carbonyl (C=O) groups is 1. The second kappa shape index (κ2) is 4.25. The molecule has 0 saturated heterocycles. The van der Waals surface area contributed by atoms with Crippen LogP contribution in [-0.2, 0) is 9.63 Å². The van der Waals surface area contributed by atoms with Gasteiger partial charge >= 0.3 is 5.97 Å². The molecule has 0 atom stereocenters. The SMILES string of the molecule is CON=C(C(=O)O)c1ccccc1. The molecule has 0 aliphatic carbocycles. The molecule has 0 aliphatic rings. The zero-order valence-electron chi connectivity index (χ0n) is 7.10. The number of nitrogens with zero attached hydrogens (tertiary/aromatic N) is 1. The van der Waals surface area contributed by atoms with Crippen LogP contribution in [0.4, 0.5) is 0 Å². The van der Waals surface area contributed by atoms with E-state index < -0.39 is 5.97 Å². The maximum Gasteiger partial charge on any atom is 0.358 e. The van der Waals surface area contributed by atoms with Gasteiger partial charge in [-0.05, 0) is 0 Å². The summed E-state index contributed by atoms with van der Waals surface area (Å²) in [6.07, 6.45) is 0. The van der Waals surface area contributed by atoms with Crippen LogP contribution >= 0.6 is 0 Å². The summed E-state index contributed by atoms with van der Waals surface area (Å²) in [5.41, 5.74) is 0.431. The minimum absolute atomic E-state index is 0.0944. The molecule has 0 radical (unpaired) electrons. The first-order valence-electron chi connectivity index (χ1n) is 3.65. The van der Waals surface area contributed by atoms with Gasteiger partial charge in [0.25, 0.3) is 0 Å². The normalized spacial score (nSPS) is 11.0. The number of rotatable bonds is 3. The van der Waals surface area contributed by atoms with Crippen LogP contribution in [0.2, 0.25) is 0 Å². The minimum atomic E-state index is -1.10. The van der Waals surface area contributed by atoms with E-state index in [1.54, 1.807) is 30.3 Å². The predicted octanol–water partition coefficient (Wildman–Crippen LogP) is 1.12. The van der Waals surface area contributed by atoms with Crippen molar-refractivity contribution in [3.63, 3.8) is 0 Å². The smallest absolute Gasteiger partial charge is 0.358 e. The zero-order chi connectivity index (χ0) is 9.68. The van der Waals surface area contributed by atoms with E-state index in [-0.39, 0.29) is 5.71 Å². The number of benzene rings is 1. The van der Waals surface area contributed by atoms with Gasteiger partial charge in [-0.25, -0.2) is 4.79 Å². The Morgan fingerprint density at radius 2 is 2.00 bits per heavy atom. The monoisotopic (exact) mass is 179 g/mol. The van der Waals surface area contributed by atoms with E-state index >= 15 is 0 Å². The van der Waals surface area contributed by atoms with Crippen molar-refractivity contribution in [2.24, 2.45) is 5.16 Å². The maximum absolute atomic E-state index is 10.7. The maximum atomic E-state index is 10.7. The van der Waals surface area contributed by atoms with Gasteiger partial charge in [-0.1, -0.05) is 35.5 Å². The van der Waals surface area contributed by atoms with E-state index in [4.69, 9.17) is 5.11 Å². The highest BCUT2D eigenvalue weighted by atomic mass is 16.6. The van der Waals surface area contributed by atoms with E-state index in [1.807, 2.05) is 0 Å². The molecule has 0 fully saturated rings. The van der Waals surface area contributed by atoms with Gasteiger partial charge in [0, 0.05) is 5.56 Å². The average Bonchev–Trinajstić information content (AvgIpc) is 2.15. The lowest BCUT2D eigenvalue weighted by Gasteiger charge is -1.98. The van der Waals surface area contributed by atoms with E-state index in [2.05, 4.69) is 9.99 Å². The first kappa shape index (κ1) is 9.25. The Balaban J connectivity index is 3.03. The van der Waals surface area contributed by atoms with Gasteiger partial charge in [0.2, 0.25) is 0 Å². The molecule has 0 aromatic heterocycles. The number of carboxylic acid groups (broad SMARTS) is 1. The van der Waals surface area contributed by atoms with Crippen LogP contribution in [0.1, 0.15) is 5.56 Å². The Bertz CT molecular complexity index is 319. The molecule has 0 amide bonds. The highest BCUT2D eigenvalue weighted by Crippen LogP contribution is 2.01. The molecule has 13 heavy (non-hydrogen) atoms. The predicted molar refractivity (Wildman–Crippen MR) is 47.6 cm³/mol. The summed E-state index contributed by atoms with van der Waals surface area (Å²) in [5.74, 6) is -1.10. The molecule has 0 heterocycles. The average molecular weight is 179 g/mol. The fourth-order valence-corrected chi connectivity index (χ4v) is 0.903. The van der Waals surface area contributed by atoms with Crippen LogP contribution < -0.4 is 0 Å². The molecule has 1 rings (SSSR count). The fraction of sp³-hybridized carbons (Fsp3) is 0.111. The van der Waals surface area contributed by atoms with E-state index in [9.17, 15) is 4.79 Å². The minimum Gasteiger partial charge on any atom is -0.476 e. The number of oxime groups is 1. The van der Waals surface area contributed by atoms with Gasteiger partial charge in [-0.2, -0.15) is 0 Å². The second-order valence-corrected chi connectivity index (χ2v) is 2.29. The molecule has 68 valence electrons. The van der Waals surface area contributed by atoms with Crippen molar-refractivity contribution in [3.8, 4) is 0 Å². The molecule has 0 bridgehead atoms. The van der Waals surface area contributed by atoms with Crippen molar-refractivity contribution in [1.29, 1.82) is 0 Å². The van der Waals surface area contributed by atoms with Gasteiger partial charge in [-0.15, -0.1) is 0 Å². The summed E-state index contributed by atoms with van der Waals surface area (Å²) in [5, 5.41) is 12.2. The lowest BCUT2D eigenvalue weighted by atomic mass is 10.1. The molecule has 4 heteroatoms. The number of carboxylic acids is 1. The number of hydrogen-bond acceptors (Lipinski definition) is 3. The molecule has 0 unspecified atom stereocenters. The topological polar surface area (TPSA) is 58.9 Å². The van der Waals surface area contributed by atoms with E-state index in [0.29, 0.717) is 5.56 Å². The standard InChI is InChI=1S/C9H9NO3/c1-13-10-8(9(11)12)7-5-3-2-4-6-7/h2-6H,1H3,(H,11,12). The van der Waals surface area contributed by atoms with Gasteiger partial charge in [0.15, 0.2) is 5.71 Å². The second-order valence-electron chi connectivity index (χ2n) is 2.29. The number of aliphatic carboxylic acids is 1. The Morgan fingerprint density at radius 3 is 2.46 bits per heavy atom. The van der Waals surface area contributed by atoms with Crippen molar-refractivity contribution in [2.45, 2.75) is 0 Å². The molecule has 4 nitrogen and oxygen atoms in total. The Labute approximate surface area is 75.4 Å². The Morgan fingerprint density at radius 1 is 1.38 bits per heavy atom. The quantitative estimate of drug-likeness (QED) is 0.558. The van der Waals surface area contributed by atoms with Crippen LogP contribution in [0.15, 0.2) is 35.5 Å². The third kappa shape index (κ3) is 2.30. The molecular formula is C9H9NO3. The molecule has 1 aromatic carbocycles. The van der Waals surface area contributed by atoms with Gasteiger partial charge in [-0.3, -0.25) is 0 Å². The van der Waals surface area contributed by atoms with Gasteiger partial charge < -0.3 is 9.94 Å². The molecule has 1 N–H and O–H groups in total. The van der Waals surface area contributed by atoms with E-state index in [0.717, 1.165) is 0 Å². The lowest BCUT2D eigenvalue weighted by molar-refractivity contribution is -0.129. The van der Waals surface area contributed by atoms with Crippen LogP contribution in [0.5, 0.6) is 0 Å². The molecule has 0 aliphatic heterocycles. The summed E-state index contributed by atoms with van der Waals surface area (Å²) in [7, 11) is 1.31. The summed E-state index contributed by atoms with van der Waals surface area (Å²) < 4.78 is 0. The van der Waals surface area contributed by atoms with Crippen LogP contribution in [-0.4, -0.2) is 23.9 Å². The first-order chi connectivity index (χ1) is 6.25. The van der Waals surface area contributed by atoms with Crippen molar-refractivity contribution >= 4 is 11.7 Å². The highest BCUT2D eigenvalue weighted by Gasteiger charge is 2.12. The van der Waals surface area contributed by atoms with Crippen LogP contribution in [0.25, 0.3) is 0 Å². The highest BCUT2D eigenvalue weighted by molar-refractivity contribution is 6.42. The summed E-state index contributed by atoms with van der Waals surface area (Å²) in [6.45, 7) is 0. The largest absolute Gasteiger partial charge is 0.476 e. The third-order valence-electron chi connectivity index (χ3n) is 1.43. The summed E-state index contributed by atoms with van der Waals surface area (Å²) in [4.78, 5) is 15.1. The van der Waals surface area contributed by atoms with Crippen molar-refractivity contribution in [1.82, 2.24) is 0 Å². The summed E-state index contributed by atoms with van der Waals surface area (Å²) >= 11 is 0. The van der Waals surface area contributed by atoms with Gasteiger partial charge in [0.05, 0.1) is 0 Å². The molecule has 0 spiro atoms. The zero-order valence-corrected chi connectivity index (χ0v) is 7.10. The lowest BCUT2D eigenvalue weighted by Crippen LogP contribution is -2.14. The van der Waals surface area contributed by atoms with Crippen molar-refractivity contribution in [3.05, 3.63) is 35.9 Å². The number of hydrogen-bond donors (Lipinski definition) is 1. The van der Waals surface area contributed by atoms with Gasteiger partial charge in [0.1, 0.15) is 7.11 Å². The molecule has 0 saturated carbocycles. The third-order valence-corrected chi connectivity index (χ3v) is 1.43.